The molecule has 0 saturated heterocycles. The molecule has 0 aliphatic heterocycles. The number of nitrogens with zero attached hydrogens (tertiary/aromatic N) is 2. The van der Waals surface area contributed by atoms with Gasteiger partial charge in [0.05, 0.1) is 37.6 Å². The molecule has 1 N–H and O–H groups in total. The second-order valence-corrected chi connectivity index (χ2v) is 10.8. The molecule has 7 nitrogen and oxygen atoms in total. The number of ketones is 1. The molecule has 2 aromatic carbocycles. The minimum absolute atomic E-state index is 0.00382. The summed E-state index contributed by atoms with van der Waals surface area (Å²) in [6.07, 6.45) is -3.85. The van der Waals surface area contributed by atoms with E-state index in [0.29, 0.717) is 11.6 Å². The summed E-state index contributed by atoms with van der Waals surface area (Å²) in [5.74, 6) is -1.05. The first-order chi connectivity index (χ1) is 17.1. The van der Waals surface area contributed by atoms with Gasteiger partial charge >= 0.3 is 6.18 Å². The van der Waals surface area contributed by atoms with Gasteiger partial charge < -0.3 is 4.90 Å². The zero-order valence-corrected chi connectivity index (χ0v) is 22.1. The maximum Gasteiger partial charge on any atom is 0.417 e. The predicted octanol–water partition coefficient (Wildman–Crippen LogP) is 5.72. The van der Waals surface area contributed by atoms with Crippen LogP contribution in [0.5, 0.6) is 0 Å². The molecule has 14 heteroatoms. The van der Waals surface area contributed by atoms with E-state index in [1.807, 2.05) is 0 Å². The number of amides is 1. The van der Waals surface area contributed by atoms with Crippen LogP contribution in [0.4, 0.5) is 18.9 Å². The Kier molecular flexibility index (Phi) is 8.43. The minimum Gasteiger partial charge on any atom is -0.349 e. The molecule has 37 heavy (non-hydrogen) atoms. The highest BCUT2D eigenvalue weighted by atomic mass is 35.5. The Bertz CT molecular complexity index is 1500. The van der Waals surface area contributed by atoms with Crippen LogP contribution in [0, 0.1) is 0 Å². The third kappa shape index (κ3) is 6.72. The summed E-state index contributed by atoms with van der Waals surface area (Å²) in [4.78, 5) is 29.9. The van der Waals surface area contributed by atoms with Gasteiger partial charge in [-0.2, -0.15) is 13.2 Å². The summed E-state index contributed by atoms with van der Waals surface area (Å²) in [6.45, 7) is 0. The first-order valence-electron chi connectivity index (χ1n) is 10.2. The molecular formula is C23H17Cl3F3N3O4S. The van der Waals surface area contributed by atoms with Gasteiger partial charge in [0.15, 0.2) is 0 Å². The molecule has 0 aliphatic carbocycles. The van der Waals surface area contributed by atoms with Crippen molar-refractivity contribution in [1.82, 2.24) is 9.88 Å². The van der Waals surface area contributed by atoms with Gasteiger partial charge in [-0.05, 0) is 42.0 Å². The van der Waals surface area contributed by atoms with Crippen molar-refractivity contribution in [1.29, 1.82) is 0 Å². The van der Waals surface area contributed by atoms with Crippen LogP contribution >= 0.6 is 34.8 Å². The molecule has 0 atom stereocenters. The number of carbonyl (C=O) groups is 2. The lowest BCUT2D eigenvalue weighted by atomic mass is 10.0. The van der Waals surface area contributed by atoms with Crippen molar-refractivity contribution in [2.75, 3.05) is 18.8 Å². The number of likely N-dealkylation sites (N-methyl/N-ethyl adjacent to an activating group) is 1. The van der Waals surface area contributed by atoms with E-state index < -0.39 is 48.8 Å². The second-order valence-electron chi connectivity index (χ2n) is 7.90. The summed E-state index contributed by atoms with van der Waals surface area (Å²) in [6, 6.07) is 7.44. The molecule has 0 bridgehead atoms. The van der Waals surface area contributed by atoms with Gasteiger partial charge in [0.25, 0.3) is 10.0 Å². The van der Waals surface area contributed by atoms with Crippen LogP contribution in [0.1, 0.15) is 27.2 Å². The topological polar surface area (TPSA) is 96.4 Å². The second kappa shape index (κ2) is 10.9. The van der Waals surface area contributed by atoms with E-state index in [-0.39, 0.29) is 27.9 Å². The van der Waals surface area contributed by atoms with Crippen molar-refractivity contribution < 1.29 is 31.2 Å². The smallest absolute Gasteiger partial charge is 0.349 e. The van der Waals surface area contributed by atoms with Gasteiger partial charge in [-0.1, -0.05) is 40.9 Å². The number of benzene rings is 2. The van der Waals surface area contributed by atoms with Crippen LogP contribution in [-0.2, 0) is 27.4 Å². The molecule has 0 radical (unpaired) electrons. The number of anilines is 1. The zero-order valence-electron chi connectivity index (χ0n) is 19.0. The molecule has 3 rings (SSSR count). The number of carbonyl (C=O) groups excluding carboxylic acids is 2. The lowest BCUT2D eigenvalue weighted by molar-refractivity contribution is -0.137. The van der Waals surface area contributed by atoms with E-state index in [1.165, 1.54) is 17.0 Å². The number of nitrogens with one attached hydrogen (secondary N) is 1. The molecule has 0 spiro atoms. The Labute approximate surface area is 225 Å². The molecule has 196 valence electrons. The number of halogens is 6. The molecule has 0 saturated carbocycles. The molecule has 0 fully saturated rings. The normalized spacial score (nSPS) is 11.8. The van der Waals surface area contributed by atoms with E-state index >= 15 is 0 Å². The Hall–Kier alpha value is -2.86. The monoisotopic (exact) mass is 593 g/mol. The molecule has 0 unspecified atom stereocenters. The summed E-state index contributed by atoms with van der Waals surface area (Å²) in [5, 5.41) is -0.740. The Balaban J connectivity index is 2.03. The number of pyridine rings is 1. The molecule has 1 amide bonds. The molecule has 3 aromatic rings. The predicted molar refractivity (Wildman–Crippen MR) is 134 cm³/mol. The highest BCUT2D eigenvalue weighted by Gasteiger charge is 2.35. The number of hydrogen-bond donors (Lipinski definition) is 1. The summed E-state index contributed by atoms with van der Waals surface area (Å²) in [7, 11) is -1.52. The average molecular weight is 595 g/mol. The number of alkyl halides is 3. The summed E-state index contributed by atoms with van der Waals surface area (Å²) < 4.78 is 67.7. The van der Waals surface area contributed by atoms with Crippen LogP contribution in [0.3, 0.4) is 0 Å². The summed E-state index contributed by atoms with van der Waals surface area (Å²) >= 11 is 17.7. The number of sulfonamides is 1. The first-order valence-corrected chi connectivity index (χ1v) is 12.8. The van der Waals surface area contributed by atoms with E-state index in [1.54, 1.807) is 20.2 Å². The van der Waals surface area contributed by atoms with E-state index in [2.05, 4.69) is 9.71 Å². The average Bonchev–Trinajstić information content (AvgIpc) is 2.79. The van der Waals surface area contributed by atoms with Crippen LogP contribution in [0.2, 0.25) is 15.1 Å². The quantitative estimate of drug-likeness (QED) is 0.353. The number of hydrogen-bond acceptors (Lipinski definition) is 5. The fraction of sp³-hybridized carbons (Fsp3) is 0.174. The van der Waals surface area contributed by atoms with Gasteiger partial charge in [-0.3, -0.25) is 14.3 Å². The lowest BCUT2D eigenvalue weighted by Gasteiger charge is -2.15. The van der Waals surface area contributed by atoms with Crippen molar-refractivity contribution in [3.05, 3.63) is 86.1 Å². The van der Waals surface area contributed by atoms with Gasteiger partial charge in [-0.15, -0.1) is 0 Å². The third-order valence-corrected chi connectivity index (χ3v) is 7.23. The van der Waals surface area contributed by atoms with Crippen LogP contribution in [0.15, 0.2) is 53.6 Å². The molecule has 1 heterocycles. The molecule has 1 aromatic heterocycles. The minimum atomic E-state index is -4.91. The van der Waals surface area contributed by atoms with Crippen LogP contribution in [-0.4, -0.2) is 44.1 Å². The van der Waals surface area contributed by atoms with Crippen LogP contribution < -0.4 is 4.72 Å². The fourth-order valence-corrected chi connectivity index (χ4v) is 4.78. The number of aromatic nitrogens is 1. The van der Waals surface area contributed by atoms with Crippen molar-refractivity contribution in [2.45, 2.75) is 17.5 Å². The largest absolute Gasteiger partial charge is 0.417 e. The maximum absolute atomic E-state index is 13.3. The Morgan fingerprint density at radius 2 is 1.65 bits per heavy atom. The zero-order chi connectivity index (χ0) is 27.7. The van der Waals surface area contributed by atoms with Crippen molar-refractivity contribution in [3.63, 3.8) is 0 Å². The fourth-order valence-electron chi connectivity index (χ4n) is 3.11. The van der Waals surface area contributed by atoms with Gasteiger partial charge in [-0.25, -0.2) is 13.4 Å². The van der Waals surface area contributed by atoms with E-state index in [4.69, 9.17) is 34.8 Å². The third-order valence-electron chi connectivity index (χ3n) is 5.00. The van der Waals surface area contributed by atoms with Gasteiger partial charge in [0, 0.05) is 25.9 Å². The van der Waals surface area contributed by atoms with Crippen molar-refractivity contribution in [2.24, 2.45) is 0 Å². The number of rotatable bonds is 7. The standard InChI is InChI=1S/C23H17Cl3F3N3O4S/c1-32(2)20(33)8-12-3-5-17(25)15(7-12)22(34)21-19(9-13(24)11-30-21)31-37(35,36)14-4-6-18(26)16(10-14)23(27,28)29/h3-7,9-11,31H,8H2,1-2H3. The van der Waals surface area contributed by atoms with Gasteiger partial charge in [0.2, 0.25) is 11.7 Å². The highest BCUT2D eigenvalue weighted by molar-refractivity contribution is 7.92. The molecule has 0 aliphatic rings. The highest BCUT2D eigenvalue weighted by Crippen LogP contribution is 2.36. The SMILES string of the molecule is CN(C)C(=O)Cc1ccc(Cl)c(C(=O)c2ncc(Cl)cc2NS(=O)(=O)c2ccc(Cl)c(C(F)(F)F)c2)c1. The van der Waals surface area contributed by atoms with Crippen LogP contribution in [0.25, 0.3) is 0 Å². The van der Waals surface area contributed by atoms with E-state index in [9.17, 15) is 31.2 Å². The Morgan fingerprint density at radius 3 is 2.27 bits per heavy atom. The van der Waals surface area contributed by atoms with Crippen molar-refractivity contribution >= 4 is 62.2 Å². The summed E-state index contributed by atoms with van der Waals surface area (Å²) in [5.41, 5.74) is -1.79. The van der Waals surface area contributed by atoms with Crippen molar-refractivity contribution in [3.8, 4) is 0 Å². The maximum atomic E-state index is 13.3. The lowest BCUT2D eigenvalue weighted by Crippen LogP contribution is -2.23. The Morgan fingerprint density at radius 1 is 1.00 bits per heavy atom. The van der Waals surface area contributed by atoms with Gasteiger partial charge in [0.1, 0.15) is 5.69 Å². The van der Waals surface area contributed by atoms with E-state index in [0.717, 1.165) is 24.4 Å². The first kappa shape index (κ1) is 28.7. The molecular weight excluding hydrogens is 578 g/mol.